The van der Waals surface area contributed by atoms with E-state index in [4.69, 9.17) is 4.74 Å². The summed E-state index contributed by atoms with van der Waals surface area (Å²) in [7, 11) is 0. The summed E-state index contributed by atoms with van der Waals surface area (Å²) < 4.78 is 4.98. The molecule has 1 saturated heterocycles. The maximum absolute atomic E-state index is 12.2. The van der Waals surface area contributed by atoms with E-state index in [-0.39, 0.29) is 30.4 Å². The van der Waals surface area contributed by atoms with Crippen molar-refractivity contribution in [3.05, 3.63) is 48.0 Å². The average Bonchev–Trinajstić information content (AvgIpc) is 2.87. The van der Waals surface area contributed by atoms with Gasteiger partial charge in [0, 0.05) is 6.08 Å². The van der Waals surface area contributed by atoms with Gasteiger partial charge in [-0.3, -0.25) is 4.79 Å². The summed E-state index contributed by atoms with van der Waals surface area (Å²) in [5.41, 5.74) is 1.13. The lowest BCUT2D eigenvalue weighted by Gasteiger charge is -2.21. The minimum Gasteiger partial charge on any atom is -0.447 e. The number of benzene rings is 1. The van der Waals surface area contributed by atoms with Crippen LogP contribution in [0.2, 0.25) is 0 Å². The van der Waals surface area contributed by atoms with Gasteiger partial charge in [-0.15, -0.1) is 0 Å². The van der Waals surface area contributed by atoms with E-state index in [0.29, 0.717) is 0 Å². The number of rotatable bonds is 4. The van der Waals surface area contributed by atoms with Crippen LogP contribution in [-0.2, 0) is 9.53 Å². The Morgan fingerprint density at radius 3 is 2.57 bits per heavy atom. The fourth-order valence-corrected chi connectivity index (χ4v) is 2.35. The summed E-state index contributed by atoms with van der Waals surface area (Å²) >= 11 is 0. The number of carbonyl (C=O) groups excluding carboxylic acids is 2. The van der Waals surface area contributed by atoms with Crippen molar-refractivity contribution < 1.29 is 14.3 Å². The summed E-state index contributed by atoms with van der Waals surface area (Å²) in [6, 6.07) is 9.74. The molecule has 112 valence electrons. The molecule has 4 heteroatoms. The quantitative estimate of drug-likeness (QED) is 0.798. The summed E-state index contributed by atoms with van der Waals surface area (Å²) in [5.74, 6) is -0.00870. The Morgan fingerprint density at radius 1 is 1.29 bits per heavy atom. The van der Waals surface area contributed by atoms with Crippen LogP contribution in [0.25, 0.3) is 0 Å². The molecule has 1 heterocycles. The van der Waals surface area contributed by atoms with E-state index < -0.39 is 6.09 Å². The summed E-state index contributed by atoms with van der Waals surface area (Å²) in [5, 5.41) is 0. The van der Waals surface area contributed by atoms with Crippen LogP contribution in [0.5, 0.6) is 0 Å². The lowest BCUT2D eigenvalue weighted by atomic mass is 10.0. The van der Waals surface area contributed by atoms with Crippen LogP contribution >= 0.6 is 0 Å². The second-order valence-electron chi connectivity index (χ2n) is 5.65. The zero-order chi connectivity index (χ0) is 15.4. The highest BCUT2D eigenvalue weighted by atomic mass is 16.6. The molecule has 1 fully saturated rings. The van der Waals surface area contributed by atoms with Crippen molar-refractivity contribution in [3.63, 3.8) is 0 Å². The van der Waals surface area contributed by atoms with E-state index in [9.17, 15) is 9.59 Å². The molecular weight excluding hydrogens is 266 g/mol. The van der Waals surface area contributed by atoms with Crippen molar-refractivity contribution in [1.82, 2.24) is 4.90 Å². The third-order valence-electron chi connectivity index (χ3n) is 3.77. The van der Waals surface area contributed by atoms with Crippen LogP contribution in [0.4, 0.5) is 4.79 Å². The Morgan fingerprint density at radius 2 is 1.95 bits per heavy atom. The van der Waals surface area contributed by atoms with E-state index >= 15 is 0 Å². The first-order valence-electron chi connectivity index (χ1n) is 7.23. The molecule has 2 amide bonds. The zero-order valence-electron chi connectivity index (χ0n) is 12.7. The predicted molar refractivity (Wildman–Crippen MR) is 80.8 cm³/mol. The van der Waals surface area contributed by atoms with Crippen LogP contribution in [0.15, 0.2) is 42.5 Å². The second-order valence-corrected chi connectivity index (χ2v) is 5.65. The van der Waals surface area contributed by atoms with Crippen molar-refractivity contribution >= 4 is 12.0 Å². The number of allylic oxidation sites excluding steroid dienone is 1. The lowest BCUT2D eigenvalue weighted by Crippen LogP contribution is -2.40. The third-order valence-corrected chi connectivity index (χ3v) is 3.77. The molecule has 2 rings (SSSR count). The van der Waals surface area contributed by atoms with Gasteiger partial charge in [-0.25, -0.2) is 9.69 Å². The molecular formula is C17H21NO3. The highest BCUT2D eigenvalue weighted by Crippen LogP contribution is 2.21. The summed E-state index contributed by atoms with van der Waals surface area (Å²) in [6.45, 7) is 6.25. The molecule has 0 aliphatic carbocycles. The largest absolute Gasteiger partial charge is 0.447 e. The van der Waals surface area contributed by atoms with E-state index in [1.807, 2.05) is 57.2 Å². The molecule has 21 heavy (non-hydrogen) atoms. The number of carbonyl (C=O) groups is 2. The molecule has 0 radical (unpaired) electrons. The van der Waals surface area contributed by atoms with Gasteiger partial charge in [0.2, 0.25) is 0 Å². The van der Waals surface area contributed by atoms with Crippen LogP contribution in [-0.4, -0.2) is 29.5 Å². The smallest absolute Gasteiger partial charge is 0.417 e. The van der Waals surface area contributed by atoms with E-state index in [0.717, 1.165) is 5.56 Å². The number of hydrogen-bond acceptors (Lipinski definition) is 3. The first kappa shape index (κ1) is 15.3. The Labute approximate surface area is 125 Å². The highest BCUT2D eigenvalue weighted by Gasteiger charge is 2.38. The van der Waals surface area contributed by atoms with Gasteiger partial charge < -0.3 is 4.74 Å². The van der Waals surface area contributed by atoms with Gasteiger partial charge in [0.15, 0.2) is 0 Å². The number of hydrogen-bond donors (Lipinski definition) is 0. The number of amides is 2. The van der Waals surface area contributed by atoms with Crippen LogP contribution < -0.4 is 0 Å². The van der Waals surface area contributed by atoms with Gasteiger partial charge in [0.1, 0.15) is 6.61 Å². The highest BCUT2D eigenvalue weighted by molar-refractivity contribution is 5.99. The normalized spacial score (nSPS) is 20.1. The Balaban J connectivity index is 2.06. The molecule has 0 spiro atoms. The number of nitrogens with zero attached hydrogens (tertiary/aromatic N) is 1. The first-order valence-corrected chi connectivity index (χ1v) is 7.23. The average molecular weight is 287 g/mol. The minimum absolute atomic E-state index is 0.117. The van der Waals surface area contributed by atoms with Crippen molar-refractivity contribution in [2.75, 3.05) is 6.61 Å². The van der Waals surface area contributed by atoms with Gasteiger partial charge >= 0.3 is 6.09 Å². The van der Waals surface area contributed by atoms with E-state index in [2.05, 4.69) is 0 Å². The number of ether oxygens (including phenoxy) is 1. The Kier molecular flexibility index (Phi) is 4.78. The lowest BCUT2D eigenvalue weighted by molar-refractivity contribution is -0.124. The summed E-state index contributed by atoms with van der Waals surface area (Å²) in [4.78, 5) is 25.2. The van der Waals surface area contributed by atoms with Gasteiger partial charge in [0.05, 0.1) is 6.04 Å². The topological polar surface area (TPSA) is 46.6 Å². The maximum atomic E-state index is 12.2. The molecule has 1 aliphatic rings. The van der Waals surface area contributed by atoms with E-state index in [1.54, 1.807) is 0 Å². The monoisotopic (exact) mass is 287 g/mol. The molecule has 1 aromatic rings. The molecule has 1 unspecified atom stereocenters. The van der Waals surface area contributed by atoms with Crippen molar-refractivity contribution in [1.29, 1.82) is 0 Å². The van der Waals surface area contributed by atoms with Crippen LogP contribution in [0.3, 0.4) is 0 Å². The van der Waals surface area contributed by atoms with Crippen LogP contribution in [0, 0.1) is 5.92 Å². The molecule has 1 aromatic carbocycles. The molecule has 1 aliphatic heterocycles. The predicted octanol–water partition coefficient (Wildman–Crippen LogP) is 3.35. The Hall–Kier alpha value is -2.10. The molecule has 0 N–H and O–H groups in total. The van der Waals surface area contributed by atoms with Gasteiger partial charge in [-0.1, -0.05) is 57.2 Å². The maximum Gasteiger partial charge on any atom is 0.417 e. The van der Waals surface area contributed by atoms with Gasteiger partial charge in [-0.05, 0) is 17.4 Å². The van der Waals surface area contributed by atoms with Crippen LogP contribution in [0.1, 0.15) is 32.3 Å². The minimum atomic E-state index is -0.546. The zero-order valence-corrected chi connectivity index (χ0v) is 12.7. The Bertz CT molecular complexity index is 536. The fraction of sp³-hybridized carbons (Fsp3) is 0.412. The molecule has 2 atom stereocenters. The standard InChI is InChI=1S/C17H21NO3/c1-12(2)15-11-21-17(20)18(15)16(19)10-9-13(3)14-7-5-4-6-8-14/h4-10,12-13,15H,11H2,1-3H3/b10-9+/t13?,15-/m1/s1. The third kappa shape index (κ3) is 3.51. The second kappa shape index (κ2) is 6.57. The summed E-state index contributed by atoms with van der Waals surface area (Å²) in [6.07, 6.45) is 2.75. The van der Waals surface area contributed by atoms with Crippen molar-refractivity contribution in [3.8, 4) is 0 Å². The molecule has 0 saturated carbocycles. The van der Waals surface area contributed by atoms with Crippen molar-refractivity contribution in [2.45, 2.75) is 32.7 Å². The molecule has 4 nitrogen and oxygen atoms in total. The number of imide groups is 1. The van der Waals surface area contributed by atoms with Crippen molar-refractivity contribution in [2.24, 2.45) is 5.92 Å². The fourth-order valence-electron chi connectivity index (χ4n) is 2.35. The van der Waals surface area contributed by atoms with Gasteiger partial charge in [0.25, 0.3) is 5.91 Å². The first-order chi connectivity index (χ1) is 10.0. The molecule has 0 bridgehead atoms. The number of cyclic esters (lactones) is 1. The molecule has 0 aromatic heterocycles. The SMILES string of the molecule is CC(/C=C/C(=O)N1C(=O)OC[C@@H]1C(C)C)c1ccccc1. The van der Waals surface area contributed by atoms with E-state index in [1.165, 1.54) is 11.0 Å². The van der Waals surface area contributed by atoms with Gasteiger partial charge in [-0.2, -0.15) is 0 Å².